The third-order valence-corrected chi connectivity index (χ3v) is 2.82. The third-order valence-electron chi connectivity index (χ3n) is 2.82. The number of hydrogen-bond acceptors (Lipinski definition) is 1. The van der Waals surface area contributed by atoms with Crippen LogP contribution in [-0.2, 0) is 6.42 Å². The summed E-state index contributed by atoms with van der Waals surface area (Å²) in [5, 5.41) is 0.773. The Morgan fingerprint density at radius 2 is 1.73 bits per heavy atom. The molecule has 0 amide bonds. The van der Waals surface area contributed by atoms with Gasteiger partial charge in [-0.1, -0.05) is 0 Å². The fraction of sp³-hybridized carbons (Fsp3) is 0.0833. The molecular formula is C12H6F2O. The molecule has 1 aliphatic rings. The molecule has 3 rings (SSSR count). The molecule has 0 fully saturated rings. The van der Waals surface area contributed by atoms with E-state index in [0.717, 1.165) is 0 Å². The Hall–Kier alpha value is -1.77. The quantitative estimate of drug-likeness (QED) is 0.644. The highest BCUT2D eigenvalue weighted by atomic mass is 19.1. The van der Waals surface area contributed by atoms with Gasteiger partial charge in [-0.25, -0.2) is 8.78 Å². The molecule has 0 aliphatic heterocycles. The average Bonchev–Trinajstić information content (AvgIpc) is 2.54. The minimum Gasteiger partial charge on any atom is -0.294 e. The lowest BCUT2D eigenvalue weighted by Gasteiger charge is -2.02. The Morgan fingerprint density at radius 3 is 2.53 bits per heavy atom. The third kappa shape index (κ3) is 0.975. The second-order valence-corrected chi connectivity index (χ2v) is 3.64. The molecule has 74 valence electrons. The van der Waals surface area contributed by atoms with Gasteiger partial charge in [0.1, 0.15) is 11.6 Å². The Labute approximate surface area is 84.3 Å². The van der Waals surface area contributed by atoms with Crippen LogP contribution in [0.15, 0.2) is 24.3 Å². The molecule has 15 heavy (non-hydrogen) atoms. The van der Waals surface area contributed by atoms with Crippen molar-refractivity contribution >= 4 is 16.6 Å². The minimum atomic E-state index is -0.430. The maximum atomic E-state index is 13.4. The number of halogens is 2. The van der Waals surface area contributed by atoms with Gasteiger partial charge in [0.05, 0.1) is 0 Å². The van der Waals surface area contributed by atoms with Crippen molar-refractivity contribution in [3.63, 3.8) is 0 Å². The van der Waals surface area contributed by atoms with Crippen LogP contribution in [-0.4, -0.2) is 5.78 Å². The fourth-order valence-electron chi connectivity index (χ4n) is 2.12. The smallest absolute Gasteiger partial charge is 0.168 e. The van der Waals surface area contributed by atoms with Crippen LogP contribution < -0.4 is 0 Å². The van der Waals surface area contributed by atoms with Crippen molar-refractivity contribution in [1.82, 2.24) is 0 Å². The van der Waals surface area contributed by atoms with Gasteiger partial charge in [-0.3, -0.25) is 4.79 Å². The molecule has 0 heterocycles. The van der Waals surface area contributed by atoms with Crippen molar-refractivity contribution < 1.29 is 13.6 Å². The minimum absolute atomic E-state index is 0.0436. The maximum absolute atomic E-state index is 13.4. The fourth-order valence-corrected chi connectivity index (χ4v) is 2.12. The topological polar surface area (TPSA) is 17.1 Å². The van der Waals surface area contributed by atoms with Crippen molar-refractivity contribution in [3.05, 3.63) is 47.0 Å². The van der Waals surface area contributed by atoms with Gasteiger partial charge in [0.15, 0.2) is 5.78 Å². The van der Waals surface area contributed by atoms with E-state index in [1.165, 1.54) is 24.3 Å². The maximum Gasteiger partial charge on any atom is 0.168 e. The van der Waals surface area contributed by atoms with E-state index < -0.39 is 11.6 Å². The van der Waals surface area contributed by atoms with Gasteiger partial charge in [0.2, 0.25) is 0 Å². The molecule has 1 nitrogen and oxygen atoms in total. The first-order valence-corrected chi connectivity index (χ1v) is 4.61. The molecule has 0 unspecified atom stereocenters. The first kappa shape index (κ1) is 8.53. The summed E-state index contributed by atoms with van der Waals surface area (Å²) in [6, 6.07) is 5.27. The molecule has 0 bridgehead atoms. The highest BCUT2D eigenvalue weighted by Crippen LogP contribution is 2.33. The van der Waals surface area contributed by atoms with Crippen molar-refractivity contribution in [2.45, 2.75) is 6.42 Å². The molecule has 2 aromatic carbocycles. The van der Waals surface area contributed by atoms with Crippen LogP contribution in [0, 0.1) is 11.6 Å². The Morgan fingerprint density at radius 1 is 1.00 bits per heavy atom. The Kier molecular flexibility index (Phi) is 1.49. The van der Waals surface area contributed by atoms with E-state index in [2.05, 4.69) is 0 Å². The van der Waals surface area contributed by atoms with Gasteiger partial charge < -0.3 is 0 Å². The molecule has 0 aromatic heterocycles. The largest absolute Gasteiger partial charge is 0.294 e. The van der Waals surface area contributed by atoms with Gasteiger partial charge in [-0.05, 0) is 24.3 Å². The number of carbonyl (C=O) groups excluding carboxylic acids is 1. The number of Topliss-reactive ketones (excluding diaryl/α,β-unsaturated/α-hetero) is 1. The summed E-state index contributed by atoms with van der Waals surface area (Å²) in [6.45, 7) is 0. The molecule has 2 aromatic rings. The number of ketones is 1. The first-order chi connectivity index (χ1) is 7.18. The van der Waals surface area contributed by atoms with Crippen LogP contribution in [0.1, 0.15) is 15.9 Å². The summed E-state index contributed by atoms with van der Waals surface area (Å²) in [4.78, 5) is 11.5. The molecule has 0 radical (unpaired) electrons. The number of benzene rings is 2. The van der Waals surface area contributed by atoms with Crippen molar-refractivity contribution in [1.29, 1.82) is 0 Å². The molecule has 3 heteroatoms. The van der Waals surface area contributed by atoms with E-state index >= 15 is 0 Å². The van der Waals surface area contributed by atoms with Crippen molar-refractivity contribution in [3.8, 4) is 0 Å². The van der Waals surface area contributed by atoms with E-state index in [0.29, 0.717) is 21.9 Å². The Bertz CT molecular complexity index is 602. The van der Waals surface area contributed by atoms with Crippen LogP contribution in [0.25, 0.3) is 10.8 Å². The number of hydrogen-bond donors (Lipinski definition) is 0. The first-order valence-electron chi connectivity index (χ1n) is 4.61. The normalized spacial score (nSPS) is 13.9. The lowest BCUT2D eigenvalue weighted by atomic mass is 10.0. The van der Waals surface area contributed by atoms with Gasteiger partial charge >= 0.3 is 0 Å². The number of carbonyl (C=O) groups is 1. The van der Waals surface area contributed by atoms with Gasteiger partial charge in [0.25, 0.3) is 0 Å². The van der Waals surface area contributed by atoms with Crippen LogP contribution in [0.4, 0.5) is 8.78 Å². The van der Waals surface area contributed by atoms with Crippen LogP contribution in [0.5, 0.6) is 0 Å². The van der Waals surface area contributed by atoms with E-state index in [1.54, 1.807) is 0 Å². The lowest BCUT2D eigenvalue weighted by Crippen LogP contribution is -1.94. The molecular weight excluding hydrogens is 198 g/mol. The summed E-state index contributed by atoms with van der Waals surface area (Å²) in [5.74, 6) is -0.981. The zero-order chi connectivity index (χ0) is 10.6. The van der Waals surface area contributed by atoms with Crippen molar-refractivity contribution in [2.24, 2.45) is 0 Å². The molecule has 0 N–H and O–H groups in total. The zero-order valence-corrected chi connectivity index (χ0v) is 7.68. The lowest BCUT2D eigenvalue weighted by molar-refractivity contribution is 0.0999. The summed E-state index contributed by atoms with van der Waals surface area (Å²) >= 11 is 0. The van der Waals surface area contributed by atoms with E-state index in [1.807, 2.05) is 0 Å². The van der Waals surface area contributed by atoms with Crippen LogP contribution >= 0.6 is 0 Å². The van der Waals surface area contributed by atoms with Crippen molar-refractivity contribution in [2.75, 3.05) is 0 Å². The standard InChI is InChI=1S/C12H6F2O/c13-9-4-2-7-11(15)5-8-10(14)3-1-6(9)12(7)8/h1-4H,5H2. The monoisotopic (exact) mass is 204 g/mol. The van der Waals surface area contributed by atoms with Gasteiger partial charge in [0, 0.05) is 28.3 Å². The number of rotatable bonds is 0. The van der Waals surface area contributed by atoms with E-state index in [4.69, 9.17) is 0 Å². The van der Waals surface area contributed by atoms with E-state index in [-0.39, 0.29) is 12.2 Å². The average molecular weight is 204 g/mol. The van der Waals surface area contributed by atoms with Crippen LogP contribution in [0.2, 0.25) is 0 Å². The summed E-state index contributed by atoms with van der Waals surface area (Å²) in [7, 11) is 0. The molecule has 0 saturated carbocycles. The highest BCUT2D eigenvalue weighted by molar-refractivity contribution is 6.15. The SMILES string of the molecule is O=C1Cc2c(F)ccc3c(F)ccc1c23. The predicted octanol–water partition coefficient (Wildman–Crippen LogP) is 2.86. The summed E-state index contributed by atoms with van der Waals surface area (Å²) < 4.78 is 26.8. The highest BCUT2D eigenvalue weighted by Gasteiger charge is 2.25. The molecule has 0 spiro atoms. The summed E-state index contributed by atoms with van der Waals surface area (Å²) in [6.07, 6.45) is 0.0436. The molecule has 1 aliphatic carbocycles. The predicted molar refractivity (Wildman–Crippen MR) is 51.9 cm³/mol. The molecule has 0 atom stereocenters. The molecule has 0 saturated heterocycles. The summed E-state index contributed by atoms with van der Waals surface area (Å²) in [5.41, 5.74) is 0.757. The second-order valence-electron chi connectivity index (χ2n) is 3.64. The second kappa shape index (κ2) is 2.63. The zero-order valence-electron chi connectivity index (χ0n) is 7.68. The van der Waals surface area contributed by atoms with Gasteiger partial charge in [-0.15, -0.1) is 0 Å². The Balaban J connectivity index is 2.59. The van der Waals surface area contributed by atoms with Gasteiger partial charge in [-0.2, -0.15) is 0 Å². The van der Waals surface area contributed by atoms with Crippen LogP contribution in [0.3, 0.4) is 0 Å². The van der Waals surface area contributed by atoms with E-state index in [9.17, 15) is 13.6 Å².